The minimum absolute atomic E-state index is 0.224. The maximum Gasteiger partial charge on any atom is 0.169 e. The van der Waals surface area contributed by atoms with Crippen LogP contribution in [0.1, 0.15) is 11.1 Å². The van der Waals surface area contributed by atoms with Gasteiger partial charge in [-0.05, 0) is 49.6 Å². The fourth-order valence-corrected chi connectivity index (χ4v) is 2.50. The standard InChI is InChI=1S/C19H24FN3S/c1-22(2)12-13-23(15-17-6-4-3-5-7-17)19(24)21-14-16-8-10-18(20)11-9-16/h3-11H,12-15H2,1-2H3,(H,21,24). The second kappa shape index (κ2) is 9.35. The minimum Gasteiger partial charge on any atom is -0.358 e. The Morgan fingerprint density at radius 2 is 1.62 bits per heavy atom. The summed E-state index contributed by atoms with van der Waals surface area (Å²) in [6.07, 6.45) is 0. The first-order valence-electron chi connectivity index (χ1n) is 8.00. The molecule has 0 saturated carbocycles. The average Bonchev–Trinajstić information content (AvgIpc) is 2.58. The molecule has 0 bridgehead atoms. The molecule has 0 aliphatic carbocycles. The molecule has 3 nitrogen and oxygen atoms in total. The van der Waals surface area contributed by atoms with Gasteiger partial charge in [-0.15, -0.1) is 0 Å². The van der Waals surface area contributed by atoms with E-state index in [9.17, 15) is 4.39 Å². The van der Waals surface area contributed by atoms with Crippen LogP contribution in [0.5, 0.6) is 0 Å². The Kier molecular flexibility index (Phi) is 7.15. The smallest absolute Gasteiger partial charge is 0.169 e. The van der Waals surface area contributed by atoms with Crippen LogP contribution < -0.4 is 5.32 Å². The van der Waals surface area contributed by atoms with Crippen molar-refractivity contribution in [3.05, 3.63) is 71.5 Å². The number of rotatable bonds is 7. The Hall–Kier alpha value is -1.98. The van der Waals surface area contributed by atoms with E-state index < -0.39 is 0 Å². The fraction of sp³-hybridized carbons (Fsp3) is 0.316. The maximum absolute atomic E-state index is 13.0. The third-order valence-corrected chi connectivity index (χ3v) is 4.08. The van der Waals surface area contributed by atoms with Crippen molar-refractivity contribution in [2.45, 2.75) is 13.1 Å². The highest BCUT2D eigenvalue weighted by molar-refractivity contribution is 7.80. The second-order valence-corrected chi connectivity index (χ2v) is 6.38. The predicted molar refractivity (Wildman–Crippen MR) is 101 cm³/mol. The van der Waals surface area contributed by atoms with Crippen LogP contribution in [0, 0.1) is 5.82 Å². The average molecular weight is 345 g/mol. The number of benzene rings is 2. The topological polar surface area (TPSA) is 18.5 Å². The molecule has 2 rings (SSSR count). The molecule has 2 aromatic carbocycles. The van der Waals surface area contributed by atoms with Crippen LogP contribution in [-0.4, -0.2) is 42.1 Å². The van der Waals surface area contributed by atoms with Gasteiger partial charge in [0.05, 0.1) is 0 Å². The quantitative estimate of drug-likeness (QED) is 0.776. The molecular weight excluding hydrogens is 321 g/mol. The molecule has 0 heterocycles. The summed E-state index contributed by atoms with van der Waals surface area (Å²) in [5.41, 5.74) is 2.23. The number of nitrogens with zero attached hydrogens (tertiary/aromatic N) is 2. The van der Waals surface area contributed by atoms with Gasteiger partial charge < -0.3 is 15.1 Å². The number of likely N-dealkylation sites (N-methyl/N-ethyl adjacent to an activating group) is 1. The van der Waals surface area contributed by atoms with E-state index >= 15 is 0 Å². The number of nitrogens with one attached hydrogen (secondary N) is 1. The highest BCUT2D eigenvalue weighted by Crippen LogP contribution is 2.07. The van der Waals surface area contributed by atoms with Crippen LogP contribution in [0.2, 0.25) is 0 Å². The zero-order chi connectivity index (χ0) is 17.4. The first kappa shape index (κ1) is 18.4. The summed E-state index contributed by atoms with van der Waals surface area (Å²) in [7, 11) is 4.10. The third kappa shape index (κ3) is 6.26. The molecule has 0 atom stereocenters. The SMILES string of the molecule is CN(C)CCN(Cc1ccccc1)C(=S)NCc1ccc(F)cc1. The lowest BCUT2D eigenvalue weighted by Gasteiger charge is -2.27. The van der Waals surface area contributed by atoms with Crippen LogP contribution in [0.3, 0.4) is 0 Å². The van der Waals surface area contributed by atoms with Crippen molar-refractivity contribution in [3.63, 3.8) is 0 Å². The first-order valence-corrected chi connectivity index (χ1v) is 8.41. The van der Waals surface area contributed by atoms with E-state index in [0.717, 1.165) is 25.2 Å². The third-order valence-electron chi connectivity index (χ3n) is 3.68. The largest absolute Gasteiger partial charge is 0.358 e. The summed E-state index contributed by atoms with van der Waals surface area (Å²) in [6, 6.07) is 16.8. The molecule has 2 aromatic rings. The number of hydrogen-bond acceptors (Lipinski definition) is 2. The van der Waals surface area contributed by atoms with Gasteiger partial charge in [0.15, 0.2) is 5.11 Å². The van der Waals surface area contributed by atoms with Gasteiger partial charge in [-0.3, -0.25) is 0 Å². The normalized spacial score (nSPS) is 10.7. The van der Waals surface area contributed by atoms with Gasteiger partial charge >= 0.3 is 0 Å². The van der Waals surface area contributed by atoms with Crippen LogP contribution in [0.15, 0.2) is 54.6 Å². The van der Waals surface area contributed by atoms with Crippen molar-refractivity contribution in [3.8, 4) is 0 Å². The molecule has 24 heavy (non-hydrogen) atoms. The van der Waals surface area contributed by atoms with E-state index in [1.165, 1.54) is 17.7 Å². The van der Waals surface area contributed by atoms with Gasteiger partial charge in [0.1, 0.15) is 5.82 Å². The fourth-order valence-electron chi connectivity index (χ4n) is 2.27. The molecule has 0 saturated heterocycles. The first-order chi connectivity index (χ1) is 11.5. The highest BCUT2D eigenvalue weighted by atomic mass is 32.1. The molecular formula is C19H24FN3S. The summed E-state index contributed by atoms with van der Waals surface area (Å²) >= 11 is 5.57. The second-order valence-electron chi connectivity index (χ2n) is 6.00. The molecule has 0 radical (unpaired) electrons. The molecule has 0 unspecified atom stereocenters. The van der Waals surface area contributed by atoms with E-state index in [4.69, 9.17) is 12.2 Å². The van der Waals surface area contributed by atoms with Gasteiger partial charge in [-0.1, -0.05) is 42.5 Å². The molecule has 0 amide bonds. The number of thiocarbonyl (C=S) groups is 1. The van der Waals surface area contributed by atoms with Gasteiger partial charge in [-0.2, -0.15) is 0 Å². The van der Waals surface area contributed by atoms with E-state index in [1.807, 2.05) is 18.2 Å². The molecule has 0 aliphatic heterocycles. The van der Waals surface area contributed by atoms with Crippen molar-refractivity contribution in [2.75, 3.05) is 27.2 Å². The van der Waals surface area contributed by atoms with E-state index in [1.54, 1.807) is 12.1 Å². The van der Waals surface area contributed by atoms with Crippen LogP contribution in [0.4, 0.5) is 4.39 Å². The monoisotopic (exact) mass is 345 g/mol. The summed E-state index contributed by atoms with van der Waals surface area (Å²) < 4.78 is 13.0. The number of hydrogen-bond donors (Lipinski definition) is 1. The summed E-state index contributed by atoms with van der Waals surface area (Å²) in [4.78, 5) is 4.30. The summed E-state index contributed by atoms with van der Waals surface area (Å²) in [5, 5.41) is 3.99. The minimum atomic E-state index is -0.224. The highest BCUT2D eigenvalue weighted by Gasteiger charge is 2.10. The van der Waals surface area contributed by atoms with E-state index in [2.05, 4.69) is 41.3 Å². The van der Waals surface area contributed by atoms with E-state index in [0.29, 0.717) is 11.7 Å². The molecule has 0 fully saturated rings. The molecule has 5 heteroatoms. The Balaban J connectivity index is 1.96. The molecule has 0 aliphatic rings. The van der Waals surface area contributed by atoms with Gasteiger partial charge in [0.25, 0.3) is 0 Å². The van der Waals surface area contributed by atoms with Gasteiger partial charge in [0.2, 0.25) is 0 Å². The predicted octanol–water partition coefficient (Wildman–Crippen LogP) is 3.26. The molecule has 0 spiro atoms. The molecule has 1 N–H and O–H groups in total. The zero-order valence-electron chi connectivity index (χ0n) is 14.2. The lowest BCUT2D eigenvalue weighted by Crippen LogP contribution is -2.42. The maximum atomic E-state index is 13.0. The van der Waals surface area contributed by atoms with Gasteiger partial charge in [-0.25, -0.2) is 4.39 Å². The van der Waals surface area contributed by atoms with Gasteiger partial charge in [0, 0.05) is 26.2 Å². The van der Waals surface area contributed by atoms with Crippen molar-refractivity contribution in [1.82, 2.24) is 15.1 Å². The van der Waals surface area contributed by atoms with Crippen molar-refractivity contribution < 1.29 is 4.39 Å². The van der Waals surface area contributed by atoms with Crippen molar-refractivity contribution in [2.24, 2.45) is 0 Å². The lowest BCUT2D eigenvalue weighted by atomic mass is 10.2. The number of halogens is 1. The van der Waals surface area contributed by atoms with Crippen LogP contribution >= 0.6 is 12.2 Å². The lowest BCUT2D eigenvalue weighted by molar-refractivity contribution is 0.322. The van der Waals surface area contributed by atoms with Crippen LogP contribution in [-0.2, 0) is 13.1 Å². The van der Waals surface area contributed by atoms with E-state index in [-0.39, 0.29) is 5.82 Å². The van der Waals surface area contributed by atoms with Crippen molar-refractivity contribution in [1.29, 1.82) is 0 Å². The molecule has 128 valence electrons. The van der Waals surface area contributed by atoms with Crippen molar-refractivity contribution >= 4 is 17.3 Å². The summed E-state index contributed by atoms with van der Waals surface area (Å²) in [5.74, 6) is -0.224. The Labute approximate surface area is 149 Å². The Bertz CT molecular complexity index is 629. The van der Waals surface area contributed by atoms with Crippen LogP contribution in [0.25, 0.3) is 0 Å². The molecule has 0 aromatic heterocycles. The summed E-state index contributed by atoms with van der Waals surface area (Å²) in [6.45, 7) is 3.12. The Morgan fingerprint density at radius 1 is 0.958 bits per heavy atom. The zero-order valence-corrected chi connectivity index (χ0v) is 15.0. The Morgan fingerprint density at radius 3 is 2.25 bits per heavy atom.